The second-order valence-corrected chi connectivity index (χ2v) is 6.30. The van der Waals surface area contributed by atoms with E-state index in [1.807, 2.05) is 41.4 Å². The van der Waals surface area contributed by atoms with Crippen molar-refractivity contribution in [2.75, 3.05) is 13.1 Å². The summed E-state index contributed by atoms with van der Waals surface area (Å²) in [5.41, 5.74) is 4.10. The molecular formula is C19H17BN4O. The zero-order chi connectivity index (χ0) is 17.2. The van der Waals surface area contributed by atoms with E-state index < -0.39 is 0 Å². The Labute approximate surface area is 147 Å². The van der Waals surface area contributed by atoms with Gasteiger partial charge in [0.25, 0.3) is 5.91 Å². The molecule has 1 unspecified atom stereocenters. The van der Waals surface area contributed by atoms with Gasteiger partial charge in [0.15, 0.2) is 0 Å². The van der Waals surface area contributed by atoms with Gasteiger partial charge in [0.05, 0.1) is 17.5 Å². The zero-order valence-corrected chi connectivity index (χ0v) is 13.7. The van der Waals surface area contributed by atoms with E-state index in [2.05, 4.69) is 21.2 Å². The summed E-state index contributed by atoms with van der Waals surface area (Å²) in [5, 5.41) is 7.02. The van der Waals surface area contributed by atoms with Gasteiger partial charge in [0.2, 0.25) is 0 Å². The Kier molecular flexibility index (Phi) is 4.10. The highest BCUT2D eigenvalue weighted by Crippen LogP contribution is 2.29. The minimum Gasteiger partial charge on any atom is -0.338 e. The standard InChI is InChI=1S/C19H17BN4O/c20-16-5-3-13(4-6-16)18-17(11-22-23-18)19(25)24-9-7-15(12-24)14-2-1-8-21-10-14/h1-6,8,10-11,15H,7,9,12H2,(H,22,23). The summed E-state index contributed by atoms with van der Waals surface area (Å²) in [5.74, 6) is 0.344. The lowest BCUT2D eigenvalue weighted by molar-refractivity contribution is 0.0791. The van der Waals surface area contributed by atoms with Gasteiger partial charge >= 0.3 is 0 Å². The van der Waals surface area contributed by atoms with Crippen LogP contribution in [-0.2, 0) is 0 Å². The lowest BCUT2D eigenvalue weighted by atomic mass is 9.94. The molecule has 1 N–H and O–H groups in total. The monoisotopic (exact) mass is 328 g/mol. The fraction of sp³-hybridized carbons (Fsp3) is 0.211. The molecule has 25 heavy (non-hydrogen) atoms. The number of rotatable bonds is 3. The van der Waals surface area contributed by atoms with Gasteiger partial charge in [-0.2, -0.15) is 5.10 Å². The summed E-state index contributed by atoms with van der Waals surface area (Å²) in [7, 11) is 5.74. The van der Waals surface area contributed by atoms with E-state index >= 15 is 0 Å². The number of carbonyl (C=O) groups is 1. The van der Waals surface area contributed by atoms with Crippen LogP contribution in [0.15, 0.2) is 55.0 Å². The van der Waals surface area contributed by atoms with Crippen LogP contribution in [-0.4, -0.2) is 46.9 Å². The zero-order valence-electron chi connectivity index (χ0n) is 13.7. The number of amides is 1. The molecule has 1 aliphatic heterocycles. The molecule has 5 nitrogen and oxygen atoms in total. The number of hydrogen-bond acceptors (Lipinski definition) is 3. The third kappa shape index (κ3) is 3.07. The number of pyridine rings is 1. The molecule has 3 aromatic rings. The van der Waals surface area contributed by atoms with Crippen LogP contribution in [0.4, 0.5) is 0 Å². The number of carbonyl (C=O) groups excluding carboxylic acids is 1. The molecule has 1 saturated heterocycles. The Hall–Kier alpha value is -2.89. The molecule has 4 rings (SSSR count). The van der Waals surface area contributed by atoms with Crippen LogP contribution < -0.4 is 5.46 Å². The van der Waals surface area contributed by atoms with Crippen molar-refractivity contribution >= 4 is 19.2 Å². The maximum Gasteiger partial charge on any atom is 0.257 e. The van der Waals surface area contributed by atoms with E-state index in [9.17, 15) is 4.79 Å². The van der Waals surface area contributed by atoms with Crippen LogP contribution in [0.25, 0.3) is 11.3 Å². The second kappa shape index (κ2) is 6.55. The molecule has 1 aliphatic rings. The highest BCUT2D eigenvalue weighted by molar-refractivity contribution is 6.32. The Morgan fingerprint density at radius 3 is 2.80 bits per heavy atom. The third-order valence-electron chi connectivity index (χ3n) is 4.70. The lowest BCUT2D eigenvalue weighted by Gasteiger charge is -2.16. The first-order valence-electron chi connectivity index (χ1n) is 8.31. The average molecular weight is 328 g/mol. The van der Waals surface area contributed by atoms with Crippen molar-refractivity contribution < 1.29 is 4.79 Å². The minimum atomic E-state index is 0.00645. The summed E-state index contributed by atoms with van der Waals surface area (Å²) in [6, 6.07) is 11.4. The summed E-state index contributed by atoms with van der Waals surface area (Å²) in [6.45, 7) is 1.45. The number of nitrogens with one attached hydrogen (secondary N) is 1. The first kappa shape index (κ1) is 15.6. The van der Waals surface area contributed by atoms with Gasteiger partial charge < -0.3 is 4.90 Å². The quantitative estimate of drug-likeness (QED) is 0.747. The van der Waals surface area contributed by atoms with Crippen LogP contribution in [0, 0.1) is 0 Å². The Bertz CT molecular complexity index is 876. The molecule has 2 radical (unpaired) electrons. The molecule has 1 fully saturated rings. The molecule has 0 saturated carbocycles. The third-order valence-corrected chi connectivity index (χ3v) is 4.70. The largest absolute Gasteiger partial charge is 0.338 e. The summed E-state index contributed by atoms with van der Waals surface area (Å²) < 4.78 is 0. The normalized spacial score (nSPS) is 17.0. The molecule has 122 valence electrons. The van der Waals surface area contributed by atoms with Crippen molar-refractivity contribution in [1.29, 1.82) is 0 Å². The van der Waals surface area contributed by atoms with Crippen LogP contribution >= 0.6 is 0 Å². The van der Waals surface area contributed by atoms with Gasteiger partial charge in [-0.05, 0) is 18.1 Å². The van der Waals surface area contributed by atoms with E-state index in [0.29, 0.717) is 23.5 Å². The van der Waals surface area contributed by atoms with Crippen molar-refractivity contribution in [3.8, 4) is 11.3 Å². The Balaban J connectivity index is 1.55. The highest BCUT2D eigenvalue weighted by Gasteiger charge is 2.30. The number of nitrogens with zero attached hydrogens (tertiary/aromatic N) is 3. The molecule has 0 aliphatic carbocycles. The van der Waals surface area contributed by atoms with Crippen molar-refractivity contribution in [3.63, 3.8) is 0 Å². The Morgan fingerprint density at radius 1 is 1.20 bits per heavy atom. The van der Waals surface area contributed by atoms with Crippen LogP contribution in [0.2, 0.25) is 0 Å². The van der Waals surface area contributed by atoms with E-state index in [-0.39, 0.29) is 5.91 Å². The van der Waals surface area contributed by atoms with Crippen molar-refractivity contribution in [1.82, 2.24) is 20.1 Å². The fourth-order valence-electron chi connectivity index (χ4n) is 3.32. The van der Waals surface area contributed by atoms with Gasteiger partial charge in [0.1, 0.15) is 7.85 Å². The summed E-state index contributed by atoms with van der Waals surface area (Å²) in [4.78, 5) is 19.0. The van der Waals surface area contributed by atoms with Crippen LogP contribution in [0.1, 0.15) is 28.3 Å². The van der Waals surface area contributed by atoms with Gasteiger partial charge in [-0.1, -0.05) is 35.8 Å². The second-order valence-electron chi connectivity index (χ2n) is 6.30. The van der Waals surface area contributed by atoms with Crippen LogP contribution in [0.3, 0.4) is 0 Å². The van der Waals surface area contributed by atoms with E-state index in [1.165, 1.54) is 5.56 Å². The molecule has 0 bridgehead atoms. The van der Waals surface area contributed by atoms with Crippen molar-refractivity contribution in [3.05, 3.63) is 66.1 Å². The van der Waals surface area contributed by atoms with Crippen molar-refractivity contribution in [2.24, 2.45) is 0 Å². The van der Waals surface area contributed by atoms with E-state index in [4.69, 9.17) is 7.85 Å². The first-order chi connectivity index (χ1) is 12.2. The van der Waals surface area contributed by atoms with Crippen LogP contribution in [0.5, 0.6) is 0 Å². The maximum absolute atomic E-state index is 13.0. The number of likely N-dealkylation sites (tertiary alicyclic amines) is 1. The predicted octanol–water partition coefficient (Wildman–Crippen LogP) is 1.90. The molecule has 0 spiro atoms. The molecule has 6 heteroatoms. The molecule has 1 amide bonds. The van der Waals surface area contributed by atoms with Gasteiger partial charge in [-0.3, -0.25) is 14.9 Å². The van der Waals surface area contributed by atoms with Gasteiger partial charge in [-0.15, -0.1) is 0 Å². The number of H-pyrrole nitrogens is 1. The fourth-order valence-corrected chi connectivity index (χ4v) is 3.32. The number of aromatic amines is 1. The topological polar surface area (TPSA) is 61.9 Å². The number of hydrogen-bond donors (Lipinski definition) is 1. The van der Waals surface area contributed by atoms with E-state index in [0.717, 1.165) is 24.2 Å². The average Bonchev–Trinajstić information content (AvgIpc) is 3.32. The van der Waals surface area contributed by atoms with Gasteiger partial charge in [-0.25, -0.2) is 0 Å². The molecule has 1 atom stereocenters. The molecular weight excluding hydrogens is 311 g/mol. The van der Waals surface area contributed by atoms with Crippen molar-refractivity contribution in [2.45, 2.75) is 12.3 Å². The lowest BCUT2D eigenvalue weighted by Crippen LogP contribution is -2.28. The summed E-state index contributed by atoms with van der Waals surface area (Å²) >= 11 is 0. The van der Waals surface area contributed by atoms with E-state index in [1.54, 1.807) is 12.4 Å². The summed E-state index contributed by atoms with van der Waals surface area (Å²) in [6.07, 6.45) is 6.21. The number of benzene rings is 1. The maximum atomic E-state index is 13.0. The first-order valence-corrected chi connectivity index (χ1v) is 8.31. The van der Waals surface area contributed by atoms with Gasteiger partial charge in [0, 0.05) is 37.0 Å². The molecule has 2 aromatic heterocycles. The smallest absolute Gasteiger partial charge is 0.257 e. The SMILES string of the molecule is [B]c1ccc(-c2[nH]ncc2C(=O)N2CCC(c3cccnc3)C2)cc1. The number of aromatic nitrogens is 3. The minimum absolute atomic E-state index is 0.00645. The molecule has 1 aromatic carbocycles. The highest BCUT2D eigenvalue weighted by atomic mass is 16.2. The predicted molar refractivity (Wildman–Crippen MR) is 96.9 cm³/mol. The molecule has 3 heterocycles. The Morgan fingerprint density at radius 2 is 2.04 bits per heavy atom.